The normalized spacial score (nSPS) is 19.8. The summed E-state index contributed by atoms with van der Waals surface area (Å²) in [6, 6.07) is 0.149. The van der Waals surface area contributed by atoms with Crippen molar-refractivity contribution in [2.45, 2.75) is 38.3 Å². The van der Waals surface area contributed by atoms with Gasteiger partial charge in [0.1, 0.15) is 5.82 Å². The van der Waals surface area contributed by atoms with Crippen LogP contribution < -0.4 is 11.5 Å². The summed E-state index contributed by atoms with van der Waals surface area (Å²) in [4.78, 5) is 25.5. The van der Waals surface area contributed by atoms with Gasteiger partial charge >= 0.3 is 5.97 Å². The summed E-state index contributed by atoms with van der Waals surface area (Å²) in [5.41, 5.74) is 11.1. The SMILES string of the molecule is COC(=O)CC1CCCCN1Cc1nc(N)nc(N)n1. The Bertz CT molecular complexity index is 461. The van der Waals surface area contributed by atoms with E-state index in [1.54, 1.807) is 0 Å². The Kier molecular flexibility index (Phi) is 4.67. The highest BCUT2D eigenvalue weighted by Crippen LogP contribution is 2.21. The molecule has 1 aliphatic heterocycles. The van der Waals surface area contributed by atoms with E-state index in [0.717, 1.165) is 25.8 Å². The molecule has 2 heterocycles. The van der Waals surface area contributed by atoms with Crippen LogP contribution in [0.1, 0.15) is 31.5 Å². The number of rotatable bonds is 4. The number of esters is 1. The van der Waals surface area contributed by atoms with Crippen molar-refractivity contribution in [3.05, 3.63) is 5.82 Å². The second kappa shape index (κ2) is 6.47. The predicted octanol–water partition coefficient (Wildman–Crippen LogP) is -0.0464. The maximum absolute atomic E-state index is 11.5. The lowest BCUT2D eigenvalue weighted by Crippen LogP contribution is -2.40. The van der Waals surface area contributed by atoms with Gasteiger partial charge in [0, 0.05) is 6.04 Å². The number of methoxy groups -OCH3 is 1. The van der Waals surface area contributed by atoms with Crippen molar-refractivity contribution >= 4 is 17.9 Å². The van der Waals surface area contributed by atoms with Crippen molar-refractivity contribution in [1.82, 2.24) is 19.9 Å². The lowest BCUT2D eigenvalue weighted by Gasteiger charge is -2.34. The standard InChI is InChI=1S/C12H20N6O2/c1-20-10(19)6-8-4-2-3-5-18(8)7-9-15-11(13)17-12(14)16-9/h8H,2-7H2,1H3,(H4,13,14,15,16,17). The van der Waals surface area contributed by atoms with Gasteiger partial charge in [0.25, 0.3) is 0 Å². The van der Waals surface area contributed by atoms with E-state index >= 15 is 0 Å². The molecule has 1 aliphatic rings. The summed E-state index contributed by atoms with van der Waals surface area (Å²) < 4.78 is 4.74. The molecule has 0 radical (unpaired) electrons. The van der Waals surface area contributed by atoms with Crippen LogP contribution in [0.5, 0.6) is 0 Å². The van der Waals surface area contributed by atoms with Crippen molar-refractivity contribution in [2.75, 3.05) is 25.1 Å². The zero-order valence-electron chi connectivity index (χ0n) is 11.6. The van der Waals surface area contributed by atoms with Crippen LogP contribution in [0, 0.1) is 0 Å². The number of hydrogen-bond acceptors (Lipinski definition) is 8. The molecule has 0 bridgehead atoms. The fourth-order valence-corrected chi connectivity index (χ4v) is 2.48. The first-order valence-corrected chi connectivity index (χ1v) is 6.65. The number of anilines is 2. The molecule has 4 N–H and O–H groups in total. The molecule has 1 aromatic heterocycles. The predicted molar refractivity (Wildman–Crippen MR) is 73.3 cm³/mol. The lowest BCUT2D eigenvalue weighted by atomic mass is 9.99. The molecule has 1 atom stereocenters. The summed E-state index contributed by atoms with van der Waals surface area (Å²) in [6.07, 6.45) is 3.55. The molecule has 1 unspecified atom stereocenters. The van der Waals surface area contributed by atoms with Crippen LogP contribution in [0.3, 0.4) is 0 Å². The zero-order valence-corrected chi connectivity index (χ0v) is 11.6. The monoisotopic (exact) mass is 280 g/mol. The molecule has 0 amide bonds. The zero-order chi connectivity index (χ0) is 14.5. The number of ether oxygens (including phenoxy) is 1. The number of likely N-dealkylation sites (tertiary alicyclic amines) is 1. The summed E-state index contributed by atoms with van der Waals surface area (Å²) in [7, 11) is 1.41. The quantitative estimate of drug-likeness (QED) is 0.737. The largest absolute Gasteiger partial charge is 0.469 e. The average Bonchev–Trinajstić information content (AvgIpc) is 2.39. The molecule has 0 spiro atoms. The van der Waals surface area contributed by atoms with Crippen LogP contribution in [0.15, 0.2) is 0 Å². The lowest BCUT2D eigenvalue weighted by molar-refractivity contribution is -0.142. The topological polar surface area (TPSA) is 120 Å². The van der Waals surface area contributed by atoms with Crippen molar-refractivity contribution in [1.29, 1.82) is 0 Å². The van der Waals surface area contributed by atoms with Gasteiger partial charge in [0.05, 0.1) is 20.1 Å². The number of nitrogens with two attached hydrogens (primary N) is 2. The number of nitrogens with zero attached hydrogens (tertiary/aromatic N) is 4. The maximum Gasteiger partial charge on any atom is 0.307 e. The molecule has 20 heavy (non-hydrogen) atoms. The molecule has 0 aromatic carbocycles. The van der Waals surface area contributed by atoms with E-state index in [4.69, 9.17) is 16.2 Å². The van der Waals surface area contributed by atoms with E-state index in [1.165, 1.54) is 7.11 Å². The van der Waals surface area contributed by atoms with Gasteiger partial charge in [-0.05, 0) is 19.4 Å². The molecule has 2 rings (SSSR count). The molecule has 1 saturated heterocycles. The van der Waals surface area contributed by atoms with Gasteiger partial charge in [0.15, 0.2) is 0 Å². The van der Waals surface area contributed by atoms with E-state index < -0.39 is 0 Å². The molecule has 8 nitrogen and oxygen atoms in total. The van der Waals surface area contributed by atoms with Crippen LogP contribution in [-0.2, 0) is 16.1 Å². The van der Waals surface area contributed by atoms with Crippen molar-refractivity contribution in [3.63, 3.8) is 0 Å². The van der Waals surface area contributed by atoms with Crippen LogP contribution >= 0.6 is 0 Å². The Labute approximate surface area is 117 Å². The minimum atomic E-state index is -0.198. The average molecular weight is 280 g/mol. The van der Waals surface area contributed by atoms with Gasteiger partial charge < -0.3 is 16.2 Å². The maximum atomic E-state index is 11.5. The van der Waals surface area contributed by atoms with Crippen molar-refractivity contribution < 1.29 is 9.53 Å². The summed E-state index contributed by atoms with van der Waals surface area (Å²) in [5.74, 6) is 0.575. The highest BCUT2D eigenvalue weighted by atomic mass is 16.5. The van der Waals surface area contributed by atoms with Gasteiger partial charge in [-0.15, -0.1) is 0 Å². The third kappa shape index (κ3) is 3.77. The first-order valence-electron chi connectivity index (χ1n) is 6.65. The van der Waals surface area contributed by atoms with E-state index in [2.05, 4.69) is 19.9 Å². The third-order valence-electron chi connectivity index (χ3n) is 3.44. The smallest absolute Gasteiger partial charge is 0.307 e. The van der Waals surface area contributed by atoms with Crippen LogP contribution in [0.4, 0.5) is 11.9 Å². The molecule has 0 aliphatic carbocycles. The Morgan fingerprint density at radius 2 is 2.00 bits per heavy atom. The molecular formula is C12H20N6O2. The Hall–Kier alpha value is -1.96. The van der Waals surface area contributed by atoms with Crippen LogP contribution in [0.25, 0.3) is 0 Å². The van der Waals surface area contributed by atoms with E-state index in [1.807, 2.05) is 0 Å². The van der Waals surface area contributed by atoms with E-state index in [0.29, 0.717) is 18.8 Å². The van der Waals surface area contributed by atoms with Crippen LogP contribution in [-0.4, -0.2) is 45.5 Å². The van der Waals surface area contributed by atoms with Crippen LogP contribution in [0.2, 0.25) is 0 Å². The number of nitrogen functional groups attached to an aromatic ring is 2. The minimum Gasteiger partial charge on any atom is -0.469 e. The number of carbonyl (C=O) groups is 1. The molecule has 1 fully saturated rings. The molecule has 1 aromatic rings. The minimum absolute atomic E-state index is 0.119. The fraction of sp³-hybridized carbons (Fsp3) is 0.667. The summed E-state index contributed by atoms with van der Waals surface area (Å²) in [6.45, 7) is 1.41. The number of hydrogen-bond donors (Lipinski definition) is 2. The summed E-state index contributed by atoms with van der Waals surface area (Å²) >= 11 is 0. The van der Waals surface area contributed by atoms with Gasteiger partial charge in [-0.3, -0.25) is 9.69 Å². The van der Waals surface area contributed by atoms with Crippen molar-refractivity contribution in [2.24, 2.45) is 0 Å². The molecular weight excluding hydrogens is 260 g/mol. The first-order chi connectivity index (χ1) is 9.58. The molecule has 8 heteroatoms. The van der Waals surface area contributed by atoms with E-state index in [-0.39, 0.29) is 23.9 Å². The van der Waals surface area contributed by atoms with Crippen molar-refractivity contribution in [3.8, 4) is 0 Å². The Balaban J connectivity index is 2.06. The van der Waals surface area contributed by atoms with Gasteiger partial charge in [0.2, 0.25) is 11.9 Å². The Morgan fingerprint density at radius 3 is 2.65 bits per heavy atom. The first kappa shape index (κ1) is 14.4. The number of aromatic nitrogens is 3. The van der Waals surface area contributed by atoms with E-state index in [9.17, 15) is 4.79 Å². The summed E-state index contributed by atoms with van der Waals surface area (Å²) in [5, 5.41) is 0. The third-order valence-corrected chi connectivity index (χ3v) is 3.44. The second-order valence-corrected chi connectivity index (χ2v) is 4.87. The number of carbonyl (C=O) groups excluding carboxylic acids is 1. The highest BCUT2D eigenvalue weighted by Gasteiger charge is 2.26. The van der Waals surface area contributed by atoms with Gasteiger partial charge in [-0.2, -0.15) is 15.0 Å². The van der Waals surface area contributed by atoms with Gasteiger partial charge in [-0.25, -0.2) is 0 Å². The number of piperidine rings is 1. The second-order valence-electron chi connectivity index (χ2n) is 4.87. The molecule has 110 valence electrons. The highest BCUT2D eigenvalue weighted by molar-refractivity contribution is 5.69. The fourth-order valence-electron chi connectivity index (χ4n) is 2.48. The Morgan fingerprint density at radius 1 is 1.30 bits per heavy atom. The van der Waals surface area contributed by atoms with Gasteiger partial charge in [-0.1, -0.05) is 6.42 Å². The molecule has 0 saturated carbocycles.